The molecule has 0 radical (unpaired) electrons. The summed E-state index contributed by atoms with van der Waals surface area (Å²) in [6.45, 7) is 0.245. The average molecular weight is 448 g/mol. The SMILES string of the molecule is O=C(CNc1ccc(I)cc1)N[C@@H](c1ccccc1)c1cccs1. The molecule has 0 aliphatic carbocycles. The van der Waals surface area contributed by atoms with Gasteiger partial charge in [-0.2, -0.15) is 0 Å². The molecule has 0 aliphatic rings. The van der Waals surface area contributed by atoms with E-state index in [1.165, 1.54) is 3.57 Å². The number of carbonyl (C=O) groups excluding carboxylic acids is 1. The highest BCUT2D eigenvalue weighted by Crippen LogP contribution is 2.25. The van der Waals surface area contributed by atoms with Crippen molar-refractivity contribution in [3.63, 3.8) is 0 Å². The van der Waals surface area contributed by atoms with Gasteiger partial charge in [0, 0.05) is 14.1 Å². The molecular formula is C19H17IN2OS. The standard InChI is InChI=1S/C19H17IN2OS/c20-15-8-10-16(11-9-15)21-13-18(23)22-19(17-7-4-12-24-17)14-5-2-1-3-6-14/h1-12,19,21H,13H2,(H,22,23)/t19-/m0/s1. The quantitative estimate of drug-likeness (QED) is 0.539. The number of carbonyl (C=O) groups is 1. The lowest BCUT2D eigenvalue weighted by atomic mass is 10.1. The number of hydrogen-bond acceptors (Lipinski definition) is 3. The van der Waals surface area contributed by atoms with E-state index in [1.54, 1.807) is 11.3 Å². The number of benzene rings is 2. The normalized spacial score (nSPS) is 11.7. The van der Waals surface area contributed by atoms with Crippen LogP contribution < -0.4 is 10.6 Å². The maximum atomic E-state index is 12.4. The van der Waals surface area contributed by atoms with Crippen molar-refractivity contribution in [2.24, 2.45) is 0 Å². The second kappa shape index (κ2) is 8.30. The minimum atomic E-state index is -0.114. The molecule has 0 unspecified atom stereocenters. The molecule has 1 aromatic heterocycles. The third-order valence-corrected chi connectivity index (χ3v) is 5.22. The summed E-state index contributed by atoms with van der Waals surface area (Å²) in [5, 5.41) is 8.32. The van der Waals surface area contributed by atoms with Crippen LogP contribution in [0.2, 0.25) is 0 Å². The Kier molecular flexibility index (Phi) is 5.87. The molecule has 122 valence electrons. The lowest BCUT2D eigenvalue weighted by Gasteiger charge is -2.18. The first kappa shape index (κ1) is 17.0. The highest BCUT2D eigenvalue weighted by molar-refractivity contribution is 14.1. The Morgan fingerprint density at radius 1 is 1.00 bits per heavy atom. The zero-order valence-electron chi connectivity index (χ0n) is 12.9. The summed E-state index contributed by atoms with van der Waals surface area (Å²) in [5.41, 5.74) is 2.03. The van der Waals surface area contributed by atoms with Crippen molar-refractivity contribution in [1.29, 1.82) is 0 Å². The summed E-state index contributed by atoms with van der Waals surface area (Å²) in [5.74, 6) is -0.0317. The van der Waals surface area contributed by atoms with Crippen LogP contribution in [-0.4, -0.2) is 12.5 Å². The molecule has 1 amide bonds. The smallest absolute Gasteiger partial charge is 0.240 e. The van der Waals surface area contributed by atoms with Gasteiger partial charge in [-0.1, -0.05) is 36.4 Å². The first-order valence-corrected chi connectivity index (χ1v) is 9.55. The molecule has 0 spiro atoms. The predicted molar refractivity (Wildman–Crippen MR) is 108 cm³/mol. The molecule has 5 heteroatoms. The van der Waals surface area contributed by atoms with E-state index < -0.39 is 0 Å². The van der Waals surface area contributed by atoms with Crippen molar-refractivity contribution in [2.75, 3.05) is 11.9 Å². The monoisotopic (exact) mass is 448 g/mol. The molecule has 3 nitrogen and oxygen atoms in total. The zero-order valence-corrected chi connectivity index (χ0v) is 15.9. The molecule has 2 aromatic carbocycles. The molecule has 2 N–H and O–H groups in total. The van der Waals surface area contributed by atoms with E-state index in [0.717, 1.165) is 16.1 Å². The molecule has 3 rings (SSSR count). The fourth-order valence-electron chi connectivity index (χ4n) is 2.38. The summed E-state index contributed by atoms with van der Waals surface area (Å²) < 4.78 is 1.17. The zero-order chi connectivity index (χ0) is 16.8. The molecule has 0 saturated heterocycles. The summed E-state index contributed by atoms with van der Waals surface area (Å²) in [4.78, 5) is 13.5. The number of thiophene rings is 1. The molecule has 1 atom stereocenters. The van der Waals surface area contributed by atoms with Crippen LogP contribution in [0.4, 0.5) is 5.69 Å². The highest BCUT2D eigenvalue weighted by Gasteiger charge is 2.17. The number of amides is 1. The molecular weight excluding hydrogens is 431 g/mol. The molecule has 0 bridgehead atoms. The fourth-order valence-corrected chi connectivity index (χ4v) is 3.54. The number of anilines is 1. The number of halogens is 1. The largest absolute Gasteiger partial charge is 0.376 e. The van der Waals surface area contributed by atoms with Gasteiger partial charge < -0.3 is 10.6 Å². The van der Waals surface area contributed by atoms with Gasteiger partial charge in [0.15, 0.2) is 0 Å². The van der Waals surface area contributed by atoms with E-state index >= 15 is 0 Å². The maximum absolute atomic E-state index is 12.4. The number of hydrogen-bond donors (Lipinski definition) is 2. The Hall–Kier alpha value is -1.86. The maximum Gasteiger partial charge on any atom is 0.240 e. The molecule has 0 saturated carbocycles. The molecule has 1 heterocycles. The predicted octanol–water partition coefficient (Wildman–Crippen LogP) is 4.67. The van der Waals surface area contributed by atoms with E-state index in [1.807, 2.05) is 66.0 Å². The third kappa shape index (κ3) is 4.58. The number of rotatable bonds is 6. The van der Waals surface area contributed by atoms with E-state index in [2.05, 4.69) is 39.3 Å². The van der Waals surface area contributed by atoms with Crippen LogP contribution in [0.15, 0.2) is 72.1 Å². The van der Waals surface area contributed by atoms with Gasteiger partial charge in [-0.15, -0.1) is 11.3 Å². The third-order valence-electron chi connectivity index (χ3n) is 3.56. The topological polar surface area (TPSA) is 41.1 Å². The van der Waals surface area contributed by atoms with E-state index in [9.17, 15) is 4.79 Å². The van der Waals surface area contributed by atoms with Gasteiger partial charge >= 0.3 is 0 Å². The van der Waals surface area contributed by atoms with Crippen LogP contribution in [0.1, 0.15) is 16.5 Å². The molecule has 24 heavy (non-hydrogen) atoms. The lowest BCUT2D eigenvalue weighted by Crippen LogP contribution is -2.33. The first-order chi connectivity index (χ1) is 11.7. The molecule has 3 aromatic rings. The molecule has 0 aliphatic heterocycles. The van der Waals surface area contributed by atoms with Gasteiger partial charge in [0.1, 0.15) is 0 Å². The van der Waals surface area contributed by atoms with Gasteiger partial charge in [-0.05, 0) is 63.9 Å². The summed E-state index contributed by atoms with van der Waals surface area (Å²) in [7, 11) is 0. The minimum Gasteiger partial charge on any atom is -0.376 e. The van der Waals surface area contributed by atoms with Gasteiger partial charge in [-0.25, -0.2) is 0 Å². The molecule has 0 fully saturated rings. The fraction of sp³-hybridized carbons (Fsp3) is 0.105. The van der Waals surface area contributed by atoms with Crippen molar-refractivity contribution in [2.45, 2.75) is 6.04 Å². The van der Waals surface area contributed by atoms with Crippen molar-refractivity contribution < 1.29 is 4.79 Å². The van der Waals surface area contributed by atoms with Crippen molar-refractivity contribution in [3.8, 4) is 0 Å². The van der Waals surface area contributed by atoms with Gasteiger partial charge in [0.05, 0.1) is 12.6 Å². The average Bonchev–Trinajstić information content (AvgIpc) is 3.14. The van der Waals surface area contributed by atoms with Crippen LogP contribution in [-0.2, 0) is 4.79 Å². The van der Waals surface area contributed by atoms with Crippen molar-refractivity contribution in [1.82, 2.24) is 5.32 Å². The Balaban J connectivity index is 1.66. The van der Waals surface area contributed by atoms with Crippen LogP contribution in [0.5, 0.6) is 0 Å². The Morgan fingerprint density at radius 2 is 1.75 bits per heavy atom. The van der Waals surface area contributed by atoms with E-state index in [-0.39, 0.29) is 18.5 Å². The Bertz CT molecular complexity index is 773. The van der Waals surface area contributed by atoms with Crippen LogP contribution in [0.3, 0.4) is 0 Å². The summed E-state index contributed by atoms with van der Waals surface area (Å²) in [6, 6.07) is 22.0. The lowest BCUT2D eigenvalue weighted by molar-refractivity contribution is -0.119. The summed E-state index contributed by atoms with van der Waals surface area (Å²) in [6.07, 6.45) is 0. The Labute approximate surface area is 159 Å². The second-order valence-corrected chi connectivity index (χ2v) is 7.51. The highest BCUT2D eigenvalue weighted by atomic mass is 127. The van der Waals surface area contributed by atoms with Gasteiger partial charge in [0.2, 0.25) is 5.91 Å². The van der Waals surface area contributed by atoms with Crippen molar-refractivity contribution >= 4 is 45.5 Å². The minimum absolute atomic E-state index is 0.0317. The van der Waals surface area contributed by atoms with Gasteiger partial charge in [-0.3, -0.25) is 4.79 Å². The summed E-state index contributed by atoms with van der Waals surface area (Å²) >= 11 is 3.91. The van der Waals surface area contributed by atoms with E-state index in [4.69, 9.17) is 0 Å². The van der Waals surface area contributed by atoms with E-state index in [0.29, 0.717) is 0 Å². The van der Waals surface area contributed by atoms with Crippen LogP contribution >= 0.6 is 33.9 Å². The second-order valence-electron chi connectivity index (χ2n) is 5.29. The number of nitrogens with one attached hydrogen (secondary N) is 2. The first-order valence-electron chi connectivity index (χ1n) is 7.59. The van der Waals surface area contributed by atoms with Crippen LogP contribution in [0.25, 0.3) is 0 Å². The van der Waals surface area contributed by atoms with Crippen molar-refractivity contribution in [3.05, 3.63) is 86.1 Å². The van der Waals surface area contributed by atoms with Gasteiger partial charge in [0.25, 0.3) is 0 Å². The van der Waals surface area contributed by atoms with Crippen LogP contribution in [0, 0.1) is 3.57 Å². The Morgan fingerprint density at radius 3 is 2.42 bits per heavy atom.